The van der Waals surface area contributed by atoms with Gasteiger partial charge in [-0.3, -0.25) is 0 Å². The van der Waals surface area contributed by atoms with Gasteiger partial charge in [-0.05, 0) is 12.6 Å². The molecule has 1 atom stereocenters. The van der Waals surface area contributed by atoms with E-state index in [4.69, 9.17) is 0 Å². The molecule has 3 nitrogen and oxygen atoms in total. The molecule has 1 aromatic rings. The summed E-state index contributed by atoms with van der Waals surface area (Å²) in [5, 5.41) is 13.2. The van der Waals surface area contributed by atoms with Gasteiger partial charge in [0.25, 0.3) is 0 Å². The molecule has 3 heteroatoms. The molecular formula is C12H18N2O. The zero-order valence-electron chi connectivity index (χ0n) is 9.06. The first-order valence-electron chi connectivity index (χ1n) is 5.40. The SMILES string of the molecule is CN1CC(NC[C@@H](O)c2ccccc2)C1. The fraction of sp³-hybridized carbons (Fsp3) is 0.500. The van der Waals surface area contributed by atoms with Crippen molar-refractivity contribution in [2.45, 2.75) is 12.1 Å². The fourth-order valence-electron chi connectivity index (χ4n) is 1.90. The number of nitrogens with one attached hydrogen (secondary N) is 1. The van der Waals surface area contributed by atoms with Gasteiger partial charge < -0.3 is 15.3 Å². The summed E-state index contributed by atoms with van der Waals surface area (Å²) in [5.41, 5.74) is 0.984. The maximum atomic E-state index is 9.88. The minimum Gasteiger partial charge on any atom is -0.387 e. The maximum Gasteiger partial charge on any atom is 0.0914 e. The van der Waals surface area contributed by atoms with E-state index in [1.165, 1.54) is 0 Å². The summed E-state index contributed by atoms with van der Waals surface area (Å²) in [6, 6.07) is 10.3. The lowest BCUT2D eigenvalue weighted by Crippen LogP contribution is -2.56. The van der Waals surface area contributed by atoms with Crippen LogP contribution in [0.5, 0.6) is 0 Å². The van der Waals surface area contributed by atoms with Crippen LogP contribution in [0.3, 0.4) is 0 Å². The first kappa shape index (κ1) is 10.6. The van der Waals surface area contributed by atoms with Crippen molar-refractivity contribution in [2.24, 2.45) is 0 Å². The topological polar surface area (TPSA) is 35.5 Å². The van der Waals surface area contributed by atoms with Crippen LogP contribution in [-0.4, -0.2) is 42.7 Å². The van der Waals surface area contributed by atoms with Gasteiger partial charge in [-0.25, -0.2) is 0 Å². The van der Waals surface area contributed by atoms with Crippen LogP contribution in [0.4, 0.5) is 0 Å². The van der Waals surface area contributed by atoms with E-state index in [9.17, 15) is 5.11 Å². The molecule has 0 aromatic heterocycles. The largest absolute Gasteiger partial charge is 0.387 e. The number of aliphatic hydroxyl groups is 1. The first-order valence-corrected chi connectivity index (χ1v) is 5.40. The molecule has 2 rings (SSSR count). The van der Waals surface area contributed by atoms with E-state index in [2.05, 4.69) is 17.3 Å². The monoisotopic (exact) mass is 206 g/mol. The molecule has 0 aliphatic carbocycles. The van der Waals surface area contributed by atoms with Crippen LogP contribution < -0.4 is 5.32 Å². The van der Waals surface area contributed by atoms with Crippen molar-refractivity contribution in [1.82, 2.24) is 10.2 Å². The predicted molar refractivity (Wildman–Crippen MR) is 60.7 cm³/mol. The number of hydrogen-bond donors (Lipinski definition) is 2. The molecule has 0 spiro atoms. The third kappa shape index (κ3) is 2.78. The van der Waals surface area contributed by atoms with E-state index < -0.39 is 6.10 Å². The molecule has 15 heavy (non-hydrogen) atoms. The van der Waals surface area contributed by atoms with E-state index in [0.717, 1.165) is 18.7 Å². The highest BCUT2D eigenvalue weighted by atomic mass is 16.3. The second-order valence-corrected chi connectivity index (χ2v) is 4.25. The second kappa shape index (κ2) is 4.75. The Morgan fingerprint density at radius 3 is 2.67 bits per heavy atom. The standard InChI is InChI=1S/C12H18N2O/c1-14-8-11(9-14)13-7-12(15)10-5-3-2-4-6-10/h2-6,11-13,15H,7-9H2,1H3/t12-/m1/s1. The minimum absolute atomic E-state index is 0.392. The Balaban J connectivity index is 1.75. The molecule has 0 saturated carbocycles. The van der Waals surface area contributed by atoms with E-state index >= 15 is 0 Å². The Morgan fingerprint density at radius 1 is 1.40 bits per heavy atom. The van der Waals surface area contributed by atoms with Gasteiger partial charge >= 0.3 is 0 Å². The summed E-state index contributed by atoms with van der Waals surface area (Å²) in [6.07, 6.45) is -0.392. The van der Waals surface area contributed by atoms with Gasteiger partial charge in [0.2, 0.25) is 0 Å². The summed E-state index contributed by atoms with van der Waals surface area (Å²) >= 11 is 0. The van der Waals surface area contributed by atoms with Crippen LogP contribution in [0, 0.1) is 0 Å². The van der Waals surface area contributed by atoms with Gasteiger partial charge in [0.15, 0.2) is 0 Å². The Kier molecular flexibility index (Phi) is 3.36. The predicted octanol–water partition coefficient (Wildman–Crippen LogP) is 0.624. The van der Waals surface area contributed by atoms with E-state index in [0.29, 0.717) is 12.6 Å². The molecule has 1 saturated heterocycles. The molecule has 1 aromatic carbocycles. The van der Waals surface area contributed by atoms with Crippen LogP contribution in [-0.2, 0) is 0 Å². The third-order valence-corrected chi connectivity index (χ3v) is 2.85. The Morgan fingerprint density at radius 2 is 2.07 bits per heavy atom. The molecule has 1 aliphatic rings. The van der Waals surface area contributed by atoms with Crippen molar-refractivity contribution in [3.63, 3.8) is 0 Å². The van der Waals surface area contributed by atoms with E-state index in [1.54, 1.807) is 0 Å². The van der Waals surface area contributed by atoms with Crippen molar-refractivity contribution >= 4 is 0 Å². The molecule has 0 bridgehead atoms. The summed E-state index contributed by atoms with van der Waals surface area (Å²) in [4.78, 5) is 2.26. The third-order valence-electron chi connectivity index (χ3n) is 2.85. The average molecular weight is 206 g/mol. The number of hydrogen-bond acceptors (Lipinski definition) is 3. The summed E-state index contributed by atoms with van der Waals surface area (Å²) in [7, 11) is 2.10. The van der Waals surface area contributed by atoms with Crippen molar-refractivity contribution in [3.8, 4) is 0 Å². The molecule has 0 amide bonds. The summed E-state index contributed by atoms with van der Waals surface area (Å²) in [6.45, 7) is 2.81. The molecule has 1 aliphatic heterocycles. The Hall–Kier alpha value is -0.900. The van der Waals surface area contributed by atoms with Crippen molar-refractivity contribution in [1.29, 1.82) is 0 Å². The zero-order chi connectivity index (χ0) is 10.7. The second-order valence-electron chi connectivity index (χ2n) is 4.25. The highest BCUT2D eigenvalue weighted by molar-refractivity contribution is 5.17. The number of rotatable bonds is 4. The lowest BCUT2D eigenvalue weighted by Gasteiger charge is -2.37. The highest BCUT2D eigenvalue weighted by Gasteiger charge is 2.23. The van der Waals surface area contributed by atoms with Gasteiger partial charge in [0, 0.05) is 25.7 Å². The van der Waals surface area contributed by atoms with E-state index in [-0.39, 0.29) is 0 Å². The van der Waals surface area contributed by atoms with Crippen molar-refractivity contribution in [2.75, 3.05) is 26.7 Å². The minimum atomic E-state index is -0.392. The van der Waals surface area contributed by atoms with Gasteiger partial charge in [-0.1, -0.05) is 30.3 Å². The first-order chi connectivity index (χ1) is 7.25. The number of aliphatic hydroxyl groups excluding tert-OH is 1. The fourth-order valence-corrected chi connectivity index (χ4v) is 1.90. The van der Waals surface area contributed by atoms with Crippen LogP contribution in [0.25, 0.3) is 0 Å². The lowest BCUT2D eigenvalue weighted by atomic mass is 10.1. The lowest BCUT2D eigenvalue weighted by molar-refractivity contribution is 0.125. The van der Waals surface area contributed by atoms with Gasteiger partial charge in [-0.15, -0.1) is 0 Å². The number of nitrogens with zero attached hydrogens (tertiary/aromatic N) is 1. The van der Waals surface area contributed by atoms with Crippen molar-refractivity contribution in [3.05, 3.63) is 35.9 Å². The molecular weight excluding hydrogens is 188 g/mol. The van der Waals surface area contributed by atoms with E-state index in [1.807, 2.05) is 30.3 Å². The molecule has 0 unspecified atom stereocenters. The summed E-state index contributed by atoms with van der Waals surface area (Å²) in [5.74, 6) is 0. The van der Waals surface area contributed by atoms with Gasteiger partial charge in [0.1, 0.15) is 0 Å². The normalized spacial score (nSPS) is 19.9. The zero-order valence-corrected chi connectivity index (χ0v) is 9.06. The smallest absolute Gasteiger partial charge is 0.0914 e. The molecule has 1 fully saturated rings. The quantitative estimate of drug-likeness (QED) is 0.758. The number of likely N-dealkylation sites (N-methyl/N-ethyl adjacent to an activating group) is 1. The molecule has 1 heterocycles. The molecule has 0 radical (unpaired) electrons. The summed E-state index contributed by atoms with van der Waals surface area (Å²) < 4.78 is 0. The van der Waals surface area contributed by atoms with Crippen LogP contribution in [0.1, 0.15) is 11.7 Å². The molecule has 82 valence electrons. The van der Waals surface area contributed by atoms with Crippen LogP contribution in [0.15, 0.2) is 30.3 Å². The Bertz CT molecular complexity index is 296. The maximum absolute atomic E-state index is 9.88. The average Bonchev–Trinajstić information content (AvgIpc) is 2.23. The number of benzene rings is 1. The van der Waals surface area contributed by atoms with Gasteiger partial charge in [0.05, 0.1) is 6.10 Å². The molecule has 2 N–H and O–H groups in total. The van der Waals surface area contributed by atoms with Crippen LogP contribution in [0.2, 0.25) is 0 Å². The highest BCUT2D eigenvalue weighted by Crippen LogP contribution is 2.12. The Labute approximate surface area is 90.7 Å². The number of likely N-dealkylation sites (tertiary alicyclic amines) is 1. The van der Waals surface area contributed by atoms with Crippen LogP contribution >= 0.6 is 0 Å². The van der Waals surface area contributed by atoms with Crippen molar-refractivity contribution < 1.29 is 5.11 Å². The van der Waals surface area contributed by atoms with Gasteiger partial charge in [-0.2, -0.15) is 0 Å².